The summed E-state index contributed by atoms with van der Waals surface area (Å²) in [5.74, 6) is -0.158. The fourth-order valence-corrected chi connectivity index (χ4v) is 4.89. The average Bonchev–Trinajstić information content (AvgIpc) is 2.88. The maximum atomic E-state index is 12.7. The molecular formula is C20H19N3O5S. The van der Waals surface area contributed by atoms with E-state index in [1.54, 1.807) is 23.5 Å². The first-order chi connectivity index (χ1) is 14.0. The number of hydrogen-bond donors (Lipinski definition) is 2. The minimum Gasteiger partial charge on any atom is -0.500 e. The molecule has 2 aromatic heterocycles. The van der Waals surface area contributed by atoms with Crippen LogP contribution in [0, 0.1) is 10.1 Å². The van der Waals surface area contributed by atoms with Crippen molar-refractivity contribution in [2.24, 2.45) is 0 Å². The van der Waals surface area contributed by atoms with E-state index in [2.05, 4.69) is 9.97 Å². The van der Waals surface area contributed by atoms with Gasteiger partial charge in [-0.3, -0.25) is 14.9 Å². The van der Waals surface area contributed by atoms with Gasteiger partial charge >= 0.3 is 5.69 Å². The maximum absolute atomic E-state index is 12.7. The normalized spacial score (nSPS) is 14.1. The van der Waals surface area contributed by atoms with Gasteiger partial charge < -0.3 is 14.8 Å². The number of aromatic nitrogens is 2. The van der Waals surface area contributed by atoms with E-state index < -0.39 is 16.4 Å². The number of aromatic amines is 1. The van der Waals surface area contributed by atoms with Crippen molar-refractivity contribution in [2.75, 3.05) is 7.11 Å². The van der Waals surface area contributed by atoms with Crippen LogP contribution >= 0.6 is 11.3 Å². The van der Waals surface area contributed by atoms with Crippen LogP contribution in [0.25, 0.3) is 22.4 Å². The molecule has 4 rings (SSSR count). The predicted molar refractivity (Wildman–Crippen MR) is 112 cm³/mol. The first-order valence-corrected chi connectivity index (χ1v) is 10.1. The number of benzene rings is 1. The summed E-state index contributed by atoms with van der Waals surface area (Å²) in [6.45, 7) is 0. The molecule has 3 aromatic rings. The van der Waals surface area contributed by atoms with Crippen LogP contribution in [0.3, 0.4) is 0 Å². The Hall–Kier alpha value is -3.20. The number of thiophene rings is 1. The summed E-state index contributed by atoms with van der Waals surface area (Å²) in [7, 11) is 1.32. The Morgan fingerprint density at radius 3 is 2.83 bits per heavy atom. The number of methoxy groups -OCH3 is 1. The highest BCUT2D eigenvalue weighted by atomic mass is 32.1. The molecule has 2 heterocycles. The van der Waals surface area contributed by atoms with Gasteiger partial charge in [0.15, 0.2) is 5.75 Å². The van der Waals surface area contributed by atoms with Gasteiger partial charge in [0.05, 0.1) is 17.4 Å². The van der Waals surface area contributed by atoms with Crippen LogP contribution < -0.4 is 10.3 Å². The van der Waals surface area contributed by atoms with E-state index >= 15 is 0 Å². The van der Waals surface area contributed by atoms with E-state index in [1.807, 2.05) is 0 Å². The van der Waals surface area contributed by atoms with Gasteiger partial charge in [-0.2, -0.15) is 0 Å². The molecule has 0 radical (unpaired) electrons. The first-order valence-electron chi connectivity index (χ1n) is 9.26. The largest absolute Gasteiger partial charge is 0.500 e. The van der Waals surface area contributed by atoms with E-state index in [0.717, 1.165) is 36.1 Å². The third kappa shape index (κ3) is 3.61. The van der Waals surface area contributed by atoms with Crippen molar-refractivity contribution in [3.8, 4) is 11.5 Å². The van der Waals surface area contributed by atoms with Crippen molar-refractivity contribution in [2.45, 2.75) is 32.1 Å². The third-order valence-corrected chi connectivity index (χ3v) is 6.21. The van der Waals surface area contributed by atoms with Crippen LogP contribution in [-0.2, 0) is 12.8 Å². The smallest absolute Gasteiger partial charge is 0.315 e. The molecule has 0 atom stereocenters. The number of phenols is 1. The van der Waals surface area contributed by atoms with Crippen molar-refractivity contribution < 1.29 is 14.8 Å². The highest BCUT2D eigenvalue weighted by molar-refractivity contribution is 7.18. The van der Waals surface area contributed by atoms with Gasteiger partial charge in [-0.25, -0.2) is 4.98 Å². The second-order valence-electron chi connectivity index (χ2n) is 6.88. The summed E-state index contributed by atoms with van der Waals surface area (Å²) >= 11 is 1.57. The third-order valence-electron chi connectivity index (χ3n) is 5.02. The zero-order valence-electron chi connectivity index (χ0n) is 15.7. The molecule has 0 spiro atoms. The van der Waals surface area contributed by atoms with Gasteiger partial charge in [0.25, 0.3) is 5.56 Å². The molecule has 0 fully saturated rings. The van der Waals surface area contributed by atoms with E-state index in [0.29, 0.717) is 16.8 Å². The molecule has 0 saturated heterocycles. The van der Waals surface area contributed by atoms with Crippen molar-refractivity contribution in [3.05, 3.63) is 54.4 Å². The van der Waals surface area contributed by atoms with Gasteiger partial charge in [-0.05, 0) is 49.0 Å². The van der Waals surface area contributed by atoms with Crippen LogP contribution in [-0.4, -0.2) is 27.1 Å². The Morgan fingerprint density at radius 2 is 2.07 bits per heavy atom. The summed E-state index contributed by atoms with van der Waals surface area (Å²) < 4.78 is 5.00. The number of fused-ring (bicyclic) bond motifs is 3. The molecule has 1 aromatic carbocycles. The Balaban J connectivity index is 1.73. The van der Waals surface area contributed by atoms with Crippen LogP contribution in [0.4, 0.5) is 5.69 Å². The lowest BCUT2D eigenvalue weighted by Crippen LogP contribution is -2.10. The number of hydrogen-bond acceptors (Lipinski definition) is 7. The topological polar surface area (TPSA) is 118 Å². The van der Waals surface area contributed by atoms with Crippen molar-refractivity contribution in [3.63, 3.8) is 0 Å². The molecule has 0 aliphatic heterocycles. The second kappa shape index (κ2) is 7.67. The standard InChI is InChI=1S/C20H19N3O5S/c1-28-14-10-11(9-13(18(14)24)23(26)27)7-8-16-21-19(25)17-12-5-3-2-4-6-15(12)29-20(17)22-16/h7-10,24H,2-6H2,1H3,(H,21,22,25). The van der Waals surface area contributed by atoms with Crippen molar-refractivity contribution in [1.29, 1.82) is 0 Å². The fourth-order valence-electron chi connectivity index (χ4n) is 3.62. The molecule has 8 nitrogen and oxygen atoms in total. The van der Waals surface area contributed by atoms with Crippen LogP contribution in [0.5, 0.6) is 11.5 Å². The molecule has 0 unspecified atom stereocenters. The van der Waals surface area contributed by atoms with E-state index in [-0.39, 0.29) is 11.3 Å². The minimum absolute atomic E-state index is 0.00208. The molecule has 1 aliphatic rings. The Kier molecular flexibility index (Phi) is 5.06. The van der Waals surface area contributed by atoms with Crippen molar-refractivity contribution in [1.82, 2.24) is 9.97 Å². The highest BCUT2D eigenvalue weighted by Gasteiger charge is 2.20. The number of nitrogens with one attached hydrogen (secondary N) is 1. The first kappa shape index (κ1) is 19.1. The molecule has 2 N–H and O–H groups in total. The van der Waals surface area contributed by atoms with Gasteiger partial charge in [-0.1, -0.05) is 12.5 Å². The average molecular weight is 413 g/mol. The maximum Gasteiger partial charge on any atom is 0.315 e. The molecule has 150 valence electrons. The fraction of sp³-hybridized carbons (Fsp3) is 0.300. The lowest BCUT2D eigenvalue weighted by molar-refractivity contribution is -0.386. The van der Waals surface area contributed by atoms with Gasteiger partial charge in [0, 0.05) is 10.9 Å². The quantitative estimate of drug-likeness (QED) is 0.378. The van der Waals surface area contributed by atoms with Crippen LogP contribution in [0.1, 0.15) is 41.1 Å². The second-order valence-corrected chi connectivity index (χ2v) is 7.96. The number of nitrogens with zero attached hydrogens (tertiary/aromatic N) is 2. The highest BCUT2D eigenvalue weighted by Crippen LogP contribution is 2.37. The summed E-state index contributed by atoms with van der Waals surface area (Å²) in [4.78, 5) is 32.5. The number of aromatic hydroxyl groups is 1. The molecule has 0 bridgehead atoms. The Bertz CT molecular complexity index is 1200. The number of aryl methyl sites for hydroxylation is 2. The number of nitro groups is 1. The zero-order chi connectivity index (χ0) is 20.5. The zero-order valence-corrected chi connectivity index (χ0v) is 16.5. The van der Waals surface area contributed by atoms with Gasteiger partial charge in [0.1, 0.15) is 10.7 Å². The molecule has 0 amide bonds. The van der Waals surface area contributed by atoms with Gasteiger partial charge in [-0.15, -0.1) is 11.3 Å². The molecule has 29 heavy (non-hydrogen) atoms. The number of phenolic OH excluding ortho intramolecular Hbond substituents is 1. The monoisotopic (exact) mass is 413 g/mol. The SMILES string of the molecule is COc1cc(C=Cc2nc3sc4c(c3c(=O)[nH]2)CCCCC4)cc([N+](=O)[O-])c1O. The van der Waals surface area contributed by atoms with Crippen LogP contribution in [0.2, 0.25) is 0 Å². The molecular weight excluding hydrogens is 394 g/mol. The summed E-state index contributed by atoms with van der Waals surface area (Å²) in [6.07, 6.45) is 8.45. The number of H-pyrrole nitrogens is 1. The van der Waals surface area contributed by atoms with E-state index in [1.165, 1.54) is 30.5 Å². The molecule has 1 aliphatic carbocycles. The van der Waals surface area contributed by atoms with Crippen LogP contribution in [0.15, 0.2) is 16.9 Å². The van der Waals surface area contributed by atoms with Gasteiger partial charge in [0.2, 0.25) is 5.75 Å². The summed E-state index contributed by atoms with van der Waals surface area (Å²) in [5, 5.41) is 21.7. The summed E-state index contributed by atoms with van der Waals surface area (Å²) in [6, 6.07) is 2.71. The lowest BCUT2D eigenvalue weighted by Gasteiger charge is -2.05. The number of nitro benzene ring substituents is 1. The van der Waals surface area contributed by atoms with Crippen molar-refractivity contribution >= 4 is 39.4 Å². The van der Waals surface area contributed by atoms with E-state index in [9.17, 15) is 20.0 Å². The Morgan fingerprint density at radius 1 is 1.28 bits per heavy atom. The Labute approximate surface area is 169 Å². The number of ether oxygens (including phenoxy) is 1. The lowest BCUT2D eigenvalue weighted by atomic mass is 10.1. The summed E-state index contributed by atoms with van der Waals surface area (Å²) in [5.41, 5.74) is 0.952. The predicted octanol–water partition coefficient (Wildman–Crippen LogP) is 4.05. The number of rotatable bonds is 4. The molecule has 0 saturated carbocycles. The van der Waals surface area contributed by atoms with E-state index in [4.69, 9.17) is 4.74 Å². The minimum atomic E-state index is -0.680. The molecule has 9 heteroatoms.